The Bertz CT molecular complexity index is 1020. The number of nitrogens with zero attached hydrogens (tertiary/aromatic N) is 1. The maximum absolute atomic E-state index is 13.7. The number of rotatable bonds is 7. The molecule has 1 saturated carbocycles. The molecule has 0 heterocycles. The summed E-state index contributed by atoms with van der Waals surface area (Å²) in [5.41, 5.74) is 2.16. The van der Waals surface area contributed by atoms with E-state index in [0.29, 0.717) is 23.6 Å². The Labute approximate surface area is 176 Å². The molecule has 2 aromatic rings. The van der Waals surface area contributed by atoms with E-state index in [4.69, 9.17) is 0 Å². The van der Waals surface area contributed by atoms with Gasteiger partial charge in [-0.1, -0.05) is 24.6 Å². The molecule has 0 spiro atoms. The third-order valence-electron chi connectivity index (χ3n) is 5.62. The fourth-order valence-electron chi connectivity index (χ4n) is 3.81. The van der Waals surface area contributed by atoms with Crippen LogP contribution in [-0.2, 0) is 27.5 Å². The van der Waals surface area contributed by atoms with Crippen LogP contribution in [0.25, 0.3) is 0 Å². The van der Waals surface area contributed by atoms with E-state index in [9.17, 15) is 17.2 Å². The predicted octanol–water partition coefficient (Wildman–Crippen LogP) is 3.30. The molecular weight excluding hydrogens is 408 g/mol. The molecule has 0 amide bonds. The van der Waals surface area contributed by atoms with Gasteiger partial charge in [-0.2, -0.15) is 0 Å². The summed E-state index contributed by atoms with van der Waals surface area (Å²) in [4.78, 5) is 4.22. The van der Waals surface area contributed by atoms with Crippen molar-refractivity contribution in [2.45, 2.75) is 37.0 Å². The molecule has 2 aromatic carbocycles. The summed E-state index contributed by atoms with van der Waals surface area (Å²) in [6, 6.07) is 10.7. The third kappa shape index (κ3) is 5.56. The van der Waals surface area contributed by atoms with Crippen LogP contribution in [0.2, 0.25) is 0 Å². The van der Waals surface area contributed by atoms with Crippen LogP contribution in [0.3, 0.4) is 0 Å². The Kier molecular flexibility index (Phi) is 6.75. The number of nitrogens with one attached hydrogen (secondary N) is 2. The molecule has 2 N–H and O–H groups in total. The minimum absolute atomic E-state index is 0.0639. The van der Waals surface area contributed by atoms with Gasteiger partial charge in [0.05, 0.1) is 5.75 Å². The lowest BCUT2D eigenvalue weighted by molar-refractivity contribution is 0.243. The Balaban J connectivity index is 1.66. The van der Waals surface area contributed by atoms with Crippen molar-refractivity contribution >= 4 is 15.8 Å². The lowest BCUT2D eigenvalue weighted by Crippen LogP contribution is -2.48. The summed E-state index contributed by atoms with van der Waals surface area (Å²) in [6.07, 6.45) is 4.28. The van der Waals surface area contributed by atoms with Crippen molar-refractivity contribution in [2.75, 3.05) is 19.8 Å². The standard InChI is InChI=1S/C22H27F2N3O2S/c1-25-21(26-13-17-12-20(24)7-4-16(17)14-30(2,28)29)27-15-22(10-3-11-22)18-5-8-19(23)9-6-18/h4-9,12H,3,10-11,13-15H2,1-2H3,(H2,25,26,27). The molecular formula is C22H27F2N3O2S. The van der Waals surface area contributed by atoms with Gasteiger partial charge in [-0.15, -0.1) is 0 Å². The molecule has 3 rings (SSSR count). The Morgan fingerprint density at radius 1 is 1.03 bits per heavy atom. The van der Waals surface area contributed by atoms with Crippen molar-refractivity contribution < 1.29 is 17.2 Å². The lowest BCUT2D eigenvalue weighted by atomic mass is 9.64. The average molecular weight is 436 g/mol. The quantitative estimate of drug-likeness (QED) is 0.517. The van der Waals surface area contributed by atoms with Crippen molar-refractivity contribution in [2.24, 2.45) is 4.99 Å². The maximum Gasteiger partial charge on any atom is 0.191 e. The Morgan fingerprint density at radius 3 is 2.27 bits per heavy atom. The molecule has 8 heteroatoms. The fraction of sp³-hybridized carbons (Fsp3) is 0.409. The second-order valence-corrected chi connectivity index (χ2v) is 10.0. The summed E-state index contributed by atoms with van der Waals surface area (Å²) in [6.45, 7) is 0.878. The monoisotopic (exact) mass is 435 g/mol. The first-order chi connectivity index (χ1) is 14.2. The SMILES string of the molecule is CN=C(NCc1cc(F)ccc1CS(C)(=O)=O)NCC1(c2ccc(F)cc2)CCC1. The van der Waals surface area contributed by atoms with Crippen molar-refractivity contribution in [1.82, 2.24) is 10.6 Å². The lowest BCUT2D eigenvalue weighted by Gasteiger charge is -2.43. The van der Waals surface area contributed by atoms with E-state index in [1.54, 1.807) is 7.05 Å². The molecule has 1 aliphatic carbocycles. The Hall–Kier alpha value is -2.48. The topological polar surface area (TPSA) is 70.6 Å². The largest absolute Gasteiger partial charge is 0.356 e. The van der Waals surface area contributed by atoms with E-state index >= 15 is 0 Å². The smallest absolute Gasteiger partial charge is 0.191 e. The first-order valence-electron chi connectivity index (χ1n) is 9.86. The zero-order valence-electron chi connectivity index (χ0n) is 17.2. The molecule has 0 unspecified atom stereocenters. The number of hydrogen-bond acceptors (Lipinski definition) is 3. The average Bonchev–Trinajstić information content (AvgIpc) is 2.65. The summed E-state index contributed by atoms with van der Waals surface area (Å²) in [7, 11) is -1.60. The highest BCUT2D eigenvalue weighted by molar-refractivity contribution is 7.89. The van der Waals surface area contributed by atoms with Crippen molar-refractivity contribution in [3.05, 3.63) is 70.8 Å². The van der Waals surface area contributed by atoms with E-state index in [1.807, 2.05) is 12.1 Å². The van der Waals surface area contributed by atoms with Crippen LogP contribution in [0.15, 0.2) is 47.5 Å². The zero-order chi connectivity index (χ0) is 21.8. The van der Waals surface area contributed by atoms with Gasteiger partial charge in [-0.05, 0) is 53.8 Å². The zero-order valence-corrected chi connectivity index (χ0v) is 18.0. The molecule has 5 nitrogen and oxygen atoms in total. The maximum atomic E-state index is 13.7. The molecule has 162 valence electrons. The summed E-state index contributed by atoms with van der Waals surface area (Å²) >= 11 is 0. The van der Waals surface area contributed by atoms with E-state index in [-0.39, 0.29) is 23.5 Å². The van der Waals surface area contributed by atoms with E-state index in [2.05, 4.69) is 15.6 Å². The Morgan fingerprint density at radius 2 is 1.70 bits per heavy atom. The van der Waals surface area contributed by atoms with Gasteiger partial charge in [0.1, 0.15) is 11.6 Å². The molecule has 0 aliphatic heterocycles. The van der Waals surface area contributed by atoms with Gasteiger partial charge in [0.15, 0.2) is 15.8 Å². The van der Waals surface area contributed by atoms with E-state index in [1.165, 1.54) is 30.3 Å². The summed E-state index contributed by atoms with van der Waals surface area (Å²) < 4.78 is 50.3. The molecule has 0 saturated heterocycles. The van der Waals surface area contributed by atoms with Gasteiger partial charge in [-0.25, -0.2) is 17.2 Å². The highest BCUT2D eigenvalue weighted by Crippen LogP contribution is 2.43. The van der Waals surface area contributed by atoms with Crippen LogP contribution < -0.4 is 10.6 Å². The number of sulfone groups is 1. The van der Waals surface area contributed by atoms with Crippen LogP contribution in [0.5, 0.6) is 0 Å². The highest BCUT2D eigenvalue weighted by atomic mass is 32.2. The molecule has 30 heavy (non-hydrogen) atoms. The predicted molar refractivity (Wildman–Crippen MR) is 115 cm³/mol. The summed E-state index contributed by atoms with van der Waals surface area (Å²) in [5, 5.41) is 6.45. The van der Waals surface area contributed by atoms with Crippen molar-refractivity contribution in [1.29, 1.82) is 0 Å². The molecule has 0 aromatic heterocycles. The first kappa shape index (κ1) is 22.2. The van der Waals surface area contributed by atoms with Gasteiger partial charge < -0.3 is 10.6 Å². The summed E-state index contributed by atoms with van der Waals surface area (Å²) in [5.74, 6) is -0.280. The number of aliphatic imine (C=N–C) groups is 1. The van der Waals surface area contributed by atoms with Gasteiger partial charge in [0, 0.05) is 31.8 Å². The normalized spacial score (nSPS) is 16.1. The molecule has 0 atom stereocenters. The molecule has 0 radical (unpaired) electrons. The van der Waals surface area contributed by atoms with Gasteiger partial charge in [0.2, 0.25) is 0 Å². The minimum atomic E-state index is -3.24. The number of benzene rings is 2. The van der Waals surface area contributed by atoms with Crippen LogP contribution in [0.4, 0.5) is 8.78 Å². The number of halogens is 2. The minimum Gasteiger partial charge on any atom is -0.356 e. The van der Waals surface area contributed by atoms with Crippen LogP contribution in [-0.4, -0.2) is 34.2 Å². The molecule has 1 fully saturated rings. The van der Waals surface area contributed by atoms with Crippen LogP contribution >= 0.6 is 0 Å². The van der Waals surface area contributed by atoms with Crippen LogP contribution in [0.1, 0.15) is 36.0 Å². The van der Waals surface area contributed by atoms with Crippen LogP contribution in [0, 0.1) is 11.6 Å². The van der Waals surface area contributed by atoms with Gasteiger partial charge in [-0.3, -0.25) is 4.99 Å². The molecule has 0 bridgehead atoms. The van der Waals surface area contributed by atoms with Gasteiger partial charge in [0.25, 0.3) is 0 Å². The second-order valence-electron chi connectivity index (χ2n) is 7.90. The third-order valence-corrected chi connectivity index (χ3v) is 6.45. The number of guanidine groups is 1. The first-order valence-corrected chi connectivity index (χ1v) is 11.9. The van der Waals surface area contributed by atoms with Gasteiger partial charge >= 0.3 is 0 Å². The second kappa shape index (κ2) is 9.12. The highest BCUT2D eigenvalue weighted by Gasteiger charge is 2.38. The van der Waals surface area contributed by atoms with Crippen molar-refractivity contribution in [3.63, 3.8) is 0 Å². The van der Waals surface area contributed by atoms with E-state index in [0.717, 1.165) is 31.1 Å². The molecule has 1 aliphatic rings. The fourth-order valence-corrected chi connectivity index (χ4v) is 4.66. The number of hydrogen-bond donors (Lipinski definition) is 2. The van der Waals surface area contributed by atoms with Crippen molar-refractivity contribution in [3.8, 4) is 0 Å². The van der Waals surface area contributed by atoms with E-state index < -0.39 is 15.7 Å².